The molecule has 0 aromatic heterocycles. The van der Waals surface area contributed by atoms with E-state index in [9.17, 15) is 19.2 Å². The van der Waals surface area contributed by atoms with Gasteiger partial charge >= 0.3 is 6.03 Å². The van der Waals surface area contributed by atoms with Crippen LogP contribution in [-0.2, 0) is 15.1 Å². The molecule has 8 nitrogen and oxygen atoms in total. The van der Waals surface area contributed by atoms with Crippen molar-refractivity contribution >= 4 is 29.4 Å². The average Bonchev–Trinajstić information content (AvgIpc) is 3.04. The van der Waals surface area contributed by atoms with Crippen LogP contribution in [0.15, 0.2) is 48.5 Å². The molecule has 1 aliphatic rings. The van der Waals surface area contributed by atoms with Gasteiger partial charge in [0.05, 0.1) is 0 Å². The van der Waals surface area contributed by atoms with Crippen molar-refractivity contribution in [3.63, 3.8) is 0 Å². The molecule has 0 bridgehead atoms. The van der Waals surface area contributed by atoms with Gasteiger partial charge in [-0.25, -0.2) is 4.79 Å². The first-order chi connectivity index (χ1) is 16.1. The molecule has 1 fully saturated rings. The van der Waals surface area contributed by atoms with E-state index in [1.807, 2.05) is 38.1 Å². The van der Waals surface area contributed by atoms with Gasteiger partial charge in [0.2, 0.25) is 5.91 Å². The summed E-state index contributed by atoms with van der Waals surface area (Å²) < 4.78 is 0. The normalized spacial score (nSPS) is 17.6. The van der Waals surface area contributed by atoms with Gasteiger partial charge in [0.1, 0.15) is 12.1 Å². The minimum Gasteiger partial charge on any atom is -0.339 e. The number of nitrogens with zero attached hydrogens (tertiary/aromatic N) is 2. The van der Waals surface area contributed by atoms with Crippen molar-refractivity contribution < 1.29 is 19.2 Å². The first kappa shape index (κ1) is 25.0. The lowest BCUT2D eigenvalue weighted by Gasteiger charge is -2.22. The monoisotopic (exact) mass is 464 g/mol. The van der Waals surface area contributed by atoms with Crippen LogP contribution in [0.25, 0.3) is 0 Å². The zero-order valence-corrected chi connectivity index (χ0v) is 20.3. The van der Waals surface area contributed by atoms with Crippen LogP contribution in [0.4, 0.5) is 10.5 Å². The number of urea groups is 1. The molecular formula is C26H32N4O4. The Balaban J connectivity index is 1.66. The summed E-state index contributed by atoms with van der Waals surface area (Å²) >= 11 is 0. The van der Waals surface area contributed by atoms with E-state index < -0.39 is 29.9 Å². The number of nitrogens with one attached hydrogen (secondary N) is 2. The van der Waals surface area contributed by atoms with Gasteiger partial charge in [-0.2, -0.15) is 0 Å². The number of carbonyl (C=O) groups is 4. The van der Waals surface area contributed by atoms with Crippen molar-refractivity contribution in [1.82, 2.24) is 15.1 Å². The van der Waals surface area contributed by atoms with Crippen molar-refractivity contribution in [3.8, 4) is 0 Å². The van der Waals surface area contributed by atoms with Crippen LogP contribution in [0.3, 0.4) is 0 Å². The number of benzene rings is 2. The second-order valence-corrected chi connectivity index (χ2v) is 8.83. The van der Waals surface area contributed by atoms with Crippen molar-refractivity contribution in [2.24, 2.45) is 0 Å². The molecule has 2 N–H and O–H groups in total. The quantitative estimate of drug-likeness (QED) is 0.582. The highest BCUT2D eigenvalue weighted by Crippen LogP contribution is 2.30. The second-order valence-electron chi connectivity index (χ2n) is 8.83. The maximum atomic E-state index is 13.1. The fraction of sp³-hybridized carbons (Fsp3) is 0.385. The molecule has 3 rings (SSSR count). The molecule has 1 aliphatic heterocycles. The zero-order chi connectivity index (χ0) is 25.0. The highest BCUT2D eigenvalue weighted by molar-refractivity contribution is 6.10. The van der Waals surface area contributed by atoms with Crippen LogP contribution < -0.4 is 10.6 Å². The van der Waals surface area contributed by atoms with E-state index in [2.05, 4.69) is 24.5 Å². The molecule has 0 unspecified atom stereocenters. The Morgan fingerprint density at radius 1 is 1.00 bits per heavy atom. The third-order valence-electron chi connectivity index (χ3n) is 6.20. The third kappa shape index (κ3) is 4.95. The van der Waals surface area contributed by atoms with E-state index in [1.165, 1.54) is 0 Å². The molecular weight excluding hydrogens is 432 g/mol. The van der Waals surface area contributed by atoms with Crippen molar-refractivity contribution in [3.05, 3.63) is 65.2 Å². The zero-order valence-electron chi connectivity index (χ0n) is 20.3. The number of rotatable bonds is 8. The maximum Gasteiger partial charge on any atom is 0.325 e. The summed E-state index contributed by atoms with van der Waals surface area (Å²) in [6.45, 7) is 10.4. The van der Waals surface area contributed by atoms with Crippen LogP contribution in [0.1, 0.15) is 62.0 Å². The predicted molar refractivity (Wildman–Crippen MR) is 130 cm³/mol. The smallest absolute Gasteiger partial charge is 0.325 e. The minimum absolute atomic E-state index is 0.0806. The molecule has 8 heteroatoms. The molecule has 0 saturated carbocycles. The Labute approximate surface area is 200 Å². The van der Waals surface area contributed by atoms with Gasteiger partial charge in [-0.05, 0) is 62.1 Å². The van der Waals surface area contributed by atoms with Gasteiger partial charge < -0.3 is 15.5 Å². The van der Waals surface area contributed by atoms with Gasteiger partial charge in [-0.1, -0.05) is 38.1 Å². The largest absolute Gasteiger partial charge is 0.339 e. The van der Waals surface area contributed by atoms with Crippen LogP contribution in [0, 0.1) is 0 Å². The Bertz CT molecular complexity index is 1070. The Morgan fingerprint density at radius 2 is 1.59 bits per heavy atom. The summed E-state index contributed by atoms with van der Waals surface area (Å²) in [5, 5.41) is 5.40. The molecule has 5 amide bonds. The van der Waals surface area contributed by atoms with E-state index in [1.54, 1.807) is 36.1 Å². The molecule has 1 saturated heterocycles. The van der Waals surface area contributed by atoms with E-state index in [4.69, 9.17) is 0 Å². The Kier molecular flexibility index (Phi) is 7.39. The summed E-state index contributed by atoms with van der Waals surface area (Å²) in [7, 11) is 0. The minimum atomic E-state index is -1.24. The summed E-state index contributed by atoms with van der Waals surface area (Å²) in [6.07, 6.45) is 0. The number of anilines is 1. The van der Waals surface area contributed by atoms with Gasteiger partial charge in [0, 0.05) is 24.3 Å². The molecule has 1 atom stereocenters. The third-order valence-corrected chi connectivity index (χ3v) is 6.20. The summed E-state index contributed by atoms with van der Waals surface area (Å²) in [5.41, 5.74) is 1.55. The molecule has 180 valence electrons. The first-order valence-electron chi connectivity index (χ1n) is 11.5. The lowest BCUT2D eigenvalue weighted by Crippen LogP contribution is -2.42. The maximum absolute atomic E-state index is 13.1. The molecule has 2 aromatic rings. The Hall–Kier alpha value is -3.68. The van der Waals surface area contributed by atoms with Crippen molar-refractivity contribution in [2.75, 3.05) is 25.0 Å². The topological polar surface area (TPSA) is 98.8 Å². The van der Waals surface area contributed by atoms with E-state index in [-0.39, 0.29) is 5.91 Å². The molecule has 0 radical (unpaired) electrons. The van der Waals surface area contributed by atoms with Gasteiger partial charge in [-0.3, -0.25) is 19.3 Å². The summed E-state index contributed by atoms with van der Waals surface area (Å²) in [6, 6.07) is 13.5. The molecule has 2 aromatic carbocycles. The first-order valence-corrected chi connectivity index (χ1v) is 11.5. The molecule has 0 spiro atoms. The Morgan fingerprint density at radius 3 is 2.12 bits per heavy atom. The van der Waals surface area contributed by atoms with Crippen molar-refractivity contribution in [1.29, 1.82) is 0 Å². The fourth-order valence-corrected chi connectivity index (χ4v) is 3.97. The average molecular weight is 465 g/mol. The molecule has 1 heterocycles. The lowest BCUT2D eigenvalue weighted by molar-refractivity contribution is -0.133. The van der Waals surface area contributed by atoms with E-state index in [0.717, 1.165) is 10.5 Å². The predicted octanol–water partition coefficient (Wildman–Crippen LogP) is 3.70. The van der Waals surface area contributed by atoms with E-state index >= 15 is 0 Å². The highest BCUT2D eigenvalue weighted by atomic mass is 16.2. The molecule has 0 aliphatic carbocycles. The SMILES string of the molecule is CCN(CC)C(=O)c1ccc(NC(=O)CN2C(=O)N[C@](C)(c3ccc(C(C)C)cc3)C2=O)cc1. The van der Waals surface area contributed by atoms with Crippen LogP contribution in [0.5, 0.6) is 0 Å². The van der Waals surface area contributed by atoms with E-state index in [0.29, 0.717) is 35.8 Å². The number of amides is 5. The van der Waals surface area contributed by atoms with Crippen LogP contribution >= 0.6 is 0 Å². The van der Waals surface area contributed by atoms with Gasteiger partial charge in [0.15, 0.2) is 0 Å². The number of imide groups is 1. The van der Waals surface area contributed by atoms with Crippen LogP contribution in [0.2, 0.25) is 0 Å². The summed E-state index contributed by atoms with van der Waals surface area (Å²) in [5.74, 6) is -0.723. The van der Waals surface area contributed by atoms with Gasteiger partial charge in [0.25, 0.3) is 11.8 Å². The van der Waals surface area contributed by atoms with Gasteiger partial charge in [-0.15, -0.1) is 0 Å². The second kappa shape index (κ2) is 10.1. The number of carbonyl (C=O) groups excluding carboxylic acids is 4. The van der Waals surface area contributed by atoms with Crippen LogP contribution in [-0.4, -0.2) is 53.2 Å². The standard InChI is InChI=1S/C26H32N4O4/c1-6-29(7-2)23(32)19-10-14-21(15-11-19)27-22(31)16-30-24(33)26(5,28-25(30)34)20-12-8-18(9-13-20)17(3)4/h8-15,17H,6-7,16H2,1-5H3,(H,27,31)(H,28,34)/t26-/m1/s1. The highest BCUT2D eigenvalue weighted by Gasteiger charge is 2.49. The number of hydrogen-bond donors (Lipinski definition) is 2. The van der Waals surface area contributed by atoms with Crippen molar-refractivity contribution in [2.45, 2.75) is 46.1 Å². The fourth-order valence-electron chi connectivity index (χ4n) is 3.97. The lowest BCUT2D eigenvalue weighted by atomic mass is 9.90. The number of hydrogen-bond acceptors (Lipinski definition) is 4. The summed E-state index contributed by atoms with van der Waals surface area (Å²) in [4.78, 5) is 53.3. The molecule has 34 heavy (non-hydrogen) atoms.